The van der Waals surface area contributed by atoms with Gasteiger partial charge in [0.2, 0.25) is 10.0 Å². The van der Waals surface area contributed by atoms with Gasteiger partial charge in [-0.15, -0.1) is 12.4 Å². The normalized spacial score (nSPS) is 23.4. The molecule has 0 amide bonds. The molecular weight excluding hydrogens is 224 g/mol. The summed E-state index contributed by atoms with van der Waals surface area (Å²) in [5, 5.41) is 0. The summed E-state index contributed by atoms with van der Waals surface area (Å²) in [6.45, 7) is 5.13. The highest BCUT2D eigenvalue weighted by Crippen LogP contribution is 2.14. The van der Waals surface area contributed by atoms with Crippen LogP contribution in [0.1, 0.15) is 20.3 Å². The van der Waals surface area contributed by atoms with Gasteiger partial charge in [-0.3, -0.25) is 0 Å². The van der Waals surface area contributed by atoms with Gasteiger partial charge in [0.05, 0.1) is 5.75 Å². The molecule has 4 nitrogen and oxygen atoms in total. The first-order valence-electron chi connectivity index (χ1n) is 4.67. The average Bonchev–Trinajstić information content (AvgIpc) is 2.30. The summed E-state index contributed by atoms with van der Waals surface area (Å²) in [6, 6.07) is -0.0483. The number of nitrogens with zero attached hydrogens (tertiary/aromatic N) is 1. The second-order valence-corrected chi connectivity index (χ2v) is 6.02. The summed E-state index contributed by atoms with van der Waals surface area (Å²) in [4.78, 5) is 0. The Kier molecular flexibility index (Phi) is 5.36. The van der Waals surface area contributed by atoms with E-state index < -0.39 is 10.0 Å². The van der Waals surface area contributed by atoms with Crippen LogP contribution in [-0.4, -0.2) is 37.6 Å². The van der Waals surface area contributed by atoms with Crippen molar-refractivity contribution in [3.05, 3.63) is 0 Å². The lowest BCUT2D eigenvalue weighted by molar-refractivity contribution is 0.363. The zero-order chi connectivity index (χ0) is 10.1. The molecule has 0 unspecified atom stereocenters. The number of nitrogens with two attached hydrogens (primary N) is 1. The molecule has 86 valence electrons. The van der Waals surface area contributed by atoms with Gasteiger partial charge >= 0.3 is 0 Å². The highest BCUT2D eigenvalue weighted by atomic mass is 35.5. The molecule has 0 saturated carbocycles. The topological polar surface area (TPSA) is 63.4 Å². The molecule has 0 aliphatic carbocycles. The Labute approximate surface area is 92.3 Å². The Hall–Kier alpha value is 0.160. The van der Waals surface area contributed by atoms with Crippen LogP contribution in [0.25, 0.3) is 0 Å². The van der Waals surface area contributed by atoms with Crippen LogP contribution in [0.4, 0.5) is 0 Å². The van der Waals surface area contributed by atoms with Crippen molar-refractivity contribution in [3.8, 4) is 0 Å². The standard InChI is InChI=1S/C8H18N2O2S.ClH/c1-7(2)8(9)6-10-4-3-5-13(10,11)12;/h7-8H,3-6,9H2,1-2H3;1H/t8-;/m1./s1. The summed E-state index contributed by atoms with van der Waals surface area (Å²) in [5.41, 5.74) is 5.81. The smallest absolute Gasteiger partial charge is 0.214 e. The minimum Gasteiger partial charge on any atom is -0.326 e. The molecule has 6 heteroatoms. The van der Waals surface area contributed by atoms with Crippen molar-refractivity contribution in [1.82, 2.24) is 4.31 Å². The third-order valence-electron chi connectivity index (χ3n) is 2.47. The van der Waals surface area contributed by atoms with Crippen LogP contribution in [0.5, 0.6) is 0 Å². The zero-order valence-electron chi connectivity index (χ0n) is 8.64. The Morgan fingerprint density at radius 3 is 2.36 bits per heavy atom. The van der Waals surface area contributed by atoms with Gasteiger partial charge in [0.25, 0.3) is 0 Å². The SMILES string of the molecule is CC(C)[C@H](N)CN1CCCS1(=O)=O.Cl. The van der Waals surface area contributed by atoms with Gasteiger partial charge in [0, 0.05) is 19.1 Å². The van der Waals surface area contributed by atoms with Crippen LogP contribution >= 0.6 is 12.4 Å². The van der Waals surface area contributed by atoms with Gasteiger partial charge in [-0.05, 0) is 12.3 Å². The summed E-state index contributed by atoms with van der Waals surface area (Å²) >= 11 is 0. The van der Waals surface area contributed by atoms with Crippen molar-refractivity contribution in [1.29, 1.82) is 0 Å². The Morgan fingerprint density at radius 1 is 1.43 bits per heavy atom. The molecule has 0 spiro atoms. The van der Waals surface area contributed by atoms with Gasteiger partial charge < -0.3 is 5.73 Å². The van der Waals surface area contributed by atoms with Crippen molar-refractivity contribution in [3.63, 3.8) is 0 Å². The highest BCUT2D eigenvalue weighted by Gasteiger charge is 2.29. The minimum absolute atomic E-state index is 0. The summed E-state index contributed by atoms with van der Waals surface area (Å²) < 4.78 is 24.3. The Balaban J connectivity index is 0.00000169. The van der Waals surface area contributed by atoms with Crippen molar-refractivity contribution < 1.29 is 8.42 Å². The predicted molar refractivity (Wildman–Crippen MR) is 60.0 cm³/mol. The van der Waals surface area contributed by atoms with Crippen LogP contribution in [-0.2, 0) is 10.0 Å². The zero-order valence-corrected chi connectivity index (χ0v) is 10.3. The van der Waals surface area contributed by atoms with E-state index in [0.29, 0.717) is 19.0 Å². The fourth-order valence-corrected chi connectivity index (χ4v) is 2.90. The molecule has 0 aromatic heterocycles. The van der Waals surface area contributed by atoms with Crippen LogP contribution in [0.2, 0.25) is 0 Å². The van der Waals surface area contributed by atoms with Crippen molar-refractivity contribution in [2.45, 2.75) is 26.3 Å². The van der Waals surface area contributed by atoms with Crippen LogP contribution in [0.3, 0.4) is 0 Å². The molecule has 1 heterocycles. The lowest BCUT2D eigenvalue weighted by atomic mass is 10.1. The number of rotatable bonds is 3. The van der Waals surface area contributed by atoms with E-state index in [1.807, 2.05) is 13.8 Å². The maximum absolute atomic E-state index is 11.4. The molecule has 14 heavy (non-hydrogen) atoms. The van der Waals surface area contributed by atoms with Gasteiger partial charge in [-0.25, -0.2) is 12.7 Å². The number of hydrogen-bond acceptors (Lipinski definition) is 3. The molecule has 0 radical (unpaired) electrons. The molecular formula is C8H19ClN2O2S. The first-order chi connectivity index (χ1) is 5.93. The van der Waals surface area contributed by atoms with Crippen molar-refractivity contribution in [2.75, 3.05) is 18.8 Å². The maximum Gasteiger partial charge on any atom is 0.214 e. The van der Waals surface area contributed by atoms with Gasteiger partial charge in [-0.1, -0.05) is 13.8 Å². The maximum atomic E-state index is 11.4. The molecule has 1 saturated heterocycles. The van der Waals surface area contributed by atoms with E-state index in [9.17, 15) is 8.42 Å². The number of sulfonamides is 1. The van der Waals surface area contributed by atoms with Crippen LogP contribution in [0.15, 0.2) is 0 Å². The average molecular weight is 243 g/mol. The van der Waals surface area contributed by atoms with E-state index in [2.05, 4.69) is 0 Å². The summed E-state index contributed by atoms with van der Waals surface area (Å²) in [6.07, 6.45) is 0.743. The first kappa shape index (κ1) is 14.2. The highest BCUT2D eigenvalue weighted by molar-refractivity contribution is 7.89. The molecule has 1 aliphatic heterocycles. The molecule has 1 fully saturated rings. The summed E-state index contributed by atoms with van der Waals surface area (Å²) in [7, 11) is -2.96. The van der Waals surface area contributed by atoms with E-state index in [0.717, 1.165) is 6.42 Å². The third-order valence-corrected chi connectivity index (χ3v) is 4.40. The fraction of sp³-hybridized carbons (Fsp3) is 1.00. The van der Waals surface area contributed by atoms with E-state index in [-0.39, 0.29) is 24.2 Å². The first-order valence-corrected chi connectivity index (χ1v) is 6.28. The van der Waals surface area contributed by atoms with E-state index >= 15 is 0 Å². The van der Waals surface area contributed by atoms with Gasteiger partial charge in [0.1, 0.15) is 0 Å². The minimum atomic E-state index is -2.96. The number of hydrogen-bond donors (Lipinski definition) is 1. The largest absolute Gasteiger partial charge is 0.326 e. The monoisotopic (exact) mass is 242 g/mol. The van der Waals surface area contributed by atoms with Crippen molar-refractivity contribution >= 4 is 22.4 Å². The van der Waals surface area contributed by atoms with Crippen LogP contribution < -0.4 is 5.73 Å². The Morgan fingerprint density at radius 2 is 2.00 bits per heavy atom. The molecule has 0 aromatic rings. The van der Waals surface area contributed by atoms with E-state index in [1.165, 1.54) is 4.31 Å². The quantitative estimate of drug-likeness (QED) is 0.781. The van der Waals surface area contributed by atoms with E-state index in [1.54, 1.807) is 0 Å². The summed E-state index contributed by atoms with van der Waals surface area (Å²) in [5.74, 6) is 0.619. The lowest BCUT2D eigenvalue weighted by Crippen LogP contribution is -2.41. The predicted octanol–water partition coefficient (Wildman–Crippen LogP) is 0.427. The molecule has 2 N–H and O–H groups in total. The fourth-order valence-electron chi connectivity index (χ4n) is 1.34. The lowest BCUT2D eigenvalue weighted by Gasteiger charge is -2.21. The second kappa shape index (κ2) is 5.30. The molecule has 1 rings (SSSR count). The molecule has 1 atom stereocenters. The molecule has 1 aliphatic rings. The van der Waals surface area contributed by atoms with Gasteiger partial charge in [-0.2, -0.15) is 0 Å². The van der Waals surface area contributed by atoms with Crippen LogP contribution in [0, 0.1) is 5.92 Å². The Bertz CT molecular complexity index is 267. The third kappa shape index (κ3) is 3.38. The second-order valence-electron chi connectivity index (χ2n) is 3.94. The molecule has 0 bridgehead atoms. The number of halogens is 1. The van der Waals surface area contributed by atoms with Crippen molar-refractivity contribution in [2.24, 2.45) is 11.7 Å². The van der Waals surface area contributed by atoms with Gasteiger partial charge in [0.15, 0.2) is 0 Å². The molecule has 0 aromatic carbocycles. The van der Waals surface area contributed by atoms with E-state index in [4.69, 9.17) is 5.73 Å².